The SMILES string of the molecule is CCN1CCC(CNc2ncnc(Cl)c2OC)CC1. The molecule has 2 heterocycles. The number of hydrogen-bond acceptors (Lipinski definition) is 5. The molecule has 5 nitrogen and oxygen atoms in total. The maximum absolute atomic E-state index is 5.97. The molecule has 1 aliphatic heterocycles. The van der Waals surface area contributed by atoms with Gasteiger partial charge in [-0.1, -0.05) is 18.5 Å². The minimum atomic E-state index is 0.348. The molecule has 1 aromatic rings. The fourth-order valence-electron chi connectivity index (χ4n) is 2.41. The van der Waals surface area contributed by atoms with Crippen LogP contribution >= 0.6 is 11.6 Å². The maximum Gasteiger partial charge on any atom is 0.198 e. The van der Waals surface area contributed by atoms with Gasteiger partial charge in [-0.05, 0) is 38.4 Å². The molecule has 0 bridgehead atoms. The highest BCUT2D eigenvalue weighted by molar-refractivity contribution is 6.31. The second kappa shape index (κ2) is 6.91. The molecule has 0 atom stereocenters. The minimum Gasteiger partial charge on any atom is -0.490 e. The molecule has 1 aromatic heterocycles. The van der Waals surface area contributed by atoms with Crippen molar-refractivity contribution in [2.24, 2.45) is 5.92 Å². The highest BCUT2D eigenvalue weighted by Gasteiger charge is 2.19. The van der Waals surface area contributed by atoms with Crippen LogP contribution in [0.2, 0.25) is 5.15 Å². The van der Waals surface area contributed by atoms with Gasteiger partial charge in [-0.3, -0.25) is 0 Å². The van der Waals surface area contributed by atoms with Crippen LogP contribution < -0.4 is 10.1 Å². The minimum absolute atomic E-state index is 0.348. The number of nitrogens with zero attached hydrogens (tertiary/aromatic N) is 3. The van der Waals surface area contributed by atoms with Gasteiger partial charge in [-0.15, -0.1) is 0 Å². The van der Waals surface area contributed by atoms with E-state index < -0.39 is 0 Å². The number of aromatic nitrogens is 2. The lowest BCUT2D eigenvalue weighted by Crippen LogP contribution is -2.35. The van der Waals surface area contributed by atoms with Crippen molar-refractivity contribution in [2.45, 2.75) is 19.8 Å². The number of likely N-dealkylation sites (tertiary alicyclic amines) is 1. The molecule has 1 aliphatic rings. The second-order valence-electron chi connectivity index (χ2n) is 4.80. The van der Waals surface area contributed by atoms with Gasteiger partial charge in [0, 0.05) is 6.54 Å². The standard InChI is InChI=1S/C13H21ClN4O/c1-3-18-6-4-10(5-7-18)8-15-13-11(19-2)12(14)16-9-17-13/h9-10H,3-8H2,1-2H3,(H,15,16,17). The van der Waals surface area contributed by atoms with Crippen LogP contribution in [0.5, 0.6) is 5.75 Å². The number of hydrogen-bond donors (Lipinski definition) is 1. The summed E-state index contributed by atoms with van der Waals surface area (Å²) in [4.78, 5) is 10.6. The smallest absolute Gasteiger partial charge is 0.198 e. The van der Waals surface area contributed by atoms with E-state index in [-0.39, 0.29) is 0 Å². The van der Waals surface area contributed by atoms with Crippen molar-refractivity contribution in [3.8, 4) is 5.75 Å². The summed E-state index contributed by atoms with van der Waals surface area (Å²) < 4.78 is 5.22. The van der Waals surface area contributed by atoms with Gasteiger partial charge in [0.1, 0.15) is 6.33 Å². The van der Waals surface area contributed by atoms with Crippen LogP contribution in [0.1, 0.15) is 19.8 Å². The van der Waals surface area contributed by atoms with E-state index in [1.807, 2.05) is 0 Å². The predicted octanol–water partition coefficient (Wildman–Crippen LogP) is 2.28. The van der Waals surface area contributed by atoms with Crippen molar-refractivity contribution in [2.75, 3.05) is 38.6 Å². The molecule has 1 saturated heterocycles. The van der Waals surface area contributed by atoms with Gasteiger partial charge in [0.2, 0.25) is 0 Å². The Kier molecular flexibility index (Phi) is 5.22. The first kappa shape index (κ1) is 14.3. The molecule has 0 radical (unpaired) electrons. The van der Waals surface area contributed by atoms with E-state index in [0.717, 1.165) is 13.1 Å². The van der Waals surface area contributed by atoms with Crippen LogP contribution in [0.15, 0.2) is 6.33 Å². The van der Waals surface area contributed by atoms with Crippen molar-refractivity contribution in [3.63, 3.8) is 0 Å². The fraction of sp³-hybridized carbons (Fsp3) is 0.692. The summed E-state index contributed by atoms with van der Waals surface area (Å²) in [5.41, 5.74) is 0. The van der Waals surface area contributed by atoms with Gasteiger partial charge in [-0.25, -0.2) is 9.97 Å². The van der Waals surface area contributed by atoms with E-state index in [1.165, 1.54) is 32.3 Å². The Morgan fingerprint density at radius 3 is 2.79 bits per heavy atom. The van der Waals surface area contributed by atoms with Gasteiger partial charge in [0.25, 0.3) is 0 Å². The first-order valence-electron chi connectivity index (χ1n) is 6.75. The maximum atomic E-state index is 5.97. The summed E-state index contributed by atoms with van der Waals surface area (Å²) in [5.74, 6) is 1.89. The van der Waals surface area contributed by atoms with Crippen LogP contribution in [0, 0.1) is 5.92 Å². The number of nitrogens with one attached hydrogen (secondary N) is 1. The summed E-state index contributed by atoms with van der Waals surface area (Å²) in [6.07, 6.45) is 3.90. The largest absolute Gasteiger partial charge is 0.490 e. The zero-order valence-corrected chi connectivity index (χ0v) is 12.3. The molecule has 0 aliphatic carbocycles. The van der Waals surface area contributed by atoms with E-state index in [1.54, 1.807) is 7.11 Å². The molecule has 0 saturated carbocycles. The highest BCUT2D eigenvalue weighted by atomic mass is 35.5. The lowest BCUT2D eigenvalue weighted by Gasteiger charge is -2.31. The summed E-state index contributed by atoms with van der Waals surface area (Å²) in [7, 11) is 1.58. The van der Waals surface area contributed by atoms with Crippen LogP contribution in [-0.2, 0) is 0 Å². The molecule has 106 valence electrons. The third-order valence-corrected chi connectivity index (χ3v) is 3.95. The average Bonchev–Trinajstić information content (AvgIpc) is 2.45. The third kappa shape index (κ3) is 3.70. The molecule has 0 amide bonds. The molecule has 1 N–H and O–H groups in total. The predicted molar refractivity (Wildman–Crippen MR) is 76.9 cm³/mol. The number of halogens is 1. The lowest BCUT2D eigenvalue weighted by atomic mass is 9.97. The van der Waals surface area contributed by atoms with Gasteiger partial charge in [-0.2, -0.15) is 0 Å². The molecule has 1 fully saturated rings. The Labute approximate surface area is 119 Å². The zero-order valence-electron chi connectivity index (χ0n) is 11.5. The average molecular weight is 285 g/mol. The fourth-order valence-corrected chi connectivity index (χ4v) is 2.62. The first-order valence-corrected chi connectivity index (χ1v) is 7.13. The number of anilines is 1. The van der Waals surface area contributed by atoms with Gasteiger partial charge in [0.15, 0.2) is 16.7 Å². The van der Waals surface area contributed by atoms with E-state index in [9.17, 15) is 0 Å². The van der Waals surface area contributed by atoms with Crippen molar-refractivity contribution in [3.05, 3.63) is 11.5 Å². The number of methoxy groups -OCH3 is 1. The molecule has 6 heteroatoms. The van der Waals surface area contributed by atoms with Gasteiger partial charge in [0.05, 0.1) is 7.11 Å². The Morgan fingerprint density at radius 1 is 1.42 bits per heavy atom. The van der Waals surface area contributed by atoms with E-state index in [4.69, 9.17) is 16.3 Å². The quantitative estimate of drug-likeness (QED) is 0.841. The lowest BCUT2D eigenvalue weighted by molar-refractivity contribution is 0.198. The zero-order chi connectivity index (χ0) is 13.7. The van der Waals surface area contributed by atoms with Crippen LogP contribution in [0.25, 0.3) is 0 Å². The number of ether oxygens (including phenoxy) is 1. The van der Waals surface area contributed by atoms with Gasteiger partial charge >= 0.3 is 0 Å². The van der Waals surface area contributed by atoms with Crippen molar-refractivity contribution >= 4 is 17.4 Å². The molecule has 0 aromatic carbocycles. The summed E-state index contributed by atoms with van der Waals surface area (Å²) >= 11 is 5.97. The molecular weight excluding hydrogens is 264 g/mol. The van der Waals surface area contributed by atoms with Crippen molar-refractivity contribution < 1.29 is 4.74 Å². The normalized spacial score (nSPS) is 17.4. The summed E-state index contributed by atoms with van der Waals surface area (Å²) in [5, 5.41) is 3.68. The van der Waals surface area contributed by atoms with E-state index >= 15 is 0 Å². The molecule has 0 unspecified atom stereocenters. The van der Waals surface area contributed by atoms with Gasteiger partial charge < -0.3 is 15.0 Å². The monoisotopic (exact) mass is 284 g/mol. The first-order chi connectivity index (χ1) is 9.24. The van der Waals surface area contributed by atoms with Crippen molar-refractivity contribution in [1.29, 1.82) is 0 Å². The van der Waals surface area contributed by atoms with Crippen molar-refractivity contribution in [1.82, 2.24) is 14.9 Å². The Morgan fingerprint density at radius 2 is 2.16 bits per heavy atom. The van der Waals surface area contributed by atoms with Crippen LogP contribution in [0.3, 0.4) is 0 Å². The second-order valence-corrected chi connectivity index (χ2v) is 5.16. The molecule has 19 heavy (non-hydrogen) atoms. The summed E-state index contributed by atoms with van der Waals surface area (Å²) in [6.45, 7) is 6.64. The Hall–Kier alpha value is -1.07. The topological polar surface area (TPSA) is 50.3 Å². The number of rotatable bonds is 5. The molecule has 0 spiro atoms. The summed E-state index contributed by atoms with van der Waals surface area (Å²) in [6, 6.07) is 0. The molecule has 2 rings (SSSR count). The number of piperidine rings is 1. The Bertz CT molecular complexity index is 408. The van der Waals surface area contributed by atoms with Crippen LogP contribution in [-0.4, -0.2) is 48.2 Å². The van der Waals surface area contributed by atoms with Crippen LogP contribution in [0.4, 0.5) is 5.82 Å². The highest BCUT2D eigenvalue weighted by Crippen LogP contribution is 2.29. The molecular formula is C13H21ClN4O. The third-order valence-electron chi connectivity index (χ3n) is 3.68. The van der Waals surface area contributed by atoms with E-state index in [2.05, 4.69) is 27.1 Å². The van der Waals surface area contributed by atoms with E-state index in [0.29, 0.717) is 22.6 Å². The Balaban J connectivity index is 1.88.